The van der Waals surface area contributed by atoms with Crippen LogP contribution >= 0.6 is 0 Å². The number of nitrogens with one attached hydrogen (secondary N) is 1. The quantitative estimate of drug-likeness (QED) is 0.744. The number of aryl methyl sites for hydroxylation is 1. The Morgan fingerprint density at radius 2 is 1.78 bits per heavy atom. The lowest BCUT2D eigenvalue weighted by Crippen LogP contribution is -2.45. The van der Waals surface area contributed by atoms with E-state index in [1.54, 1.807) is 32.9 Å². The van der Waals surface area contributed by atoms with Crippen LogP contribution in [-0.2, 0) is 19.6 Å². The molecule has 1 aromatic carbocycles. The molecule has 1 saturated heterocycles. The highest BCUT2D eigenvalue weighted by Crippen LogP contribution is 2.24. The van der Waals surface area contributed by atoms with Gasteiger partial charge < -0.3 is 10.1 Å². The SMILES string of the molecule is COC(=O)[C@@H](NC(=O)c1ccc(C)c(S(=O)(=O)N2CCCCC2)c1)C(C)C. The van der Waals surface area contributed by atoms with Gasteiger partial charge in [-0.1, -0.05) is 26.3 Å². The number of hydrogen-bond acceptors (Lipinski definition) is 5. The summed E-state index contributed by atoms with van der Waals surface area (Å²) in [5.41, 5.74) is 0.788. The second kappa shape index (κ2) is 8.84. The van der Waals surface area contributed by atoms with Crippen molar-refractivity contribution in [3.63, 3.8) is 0 Å². The minimum Gasteiger partial charge on any atom is -0.467 e. The largest absolute Gasteiger partial charge is 0.467 e. The Balaban J connectivity index is 2.30. The van der Waals surface area contributed by atoms with E-state index in [4.69, 9.17) is 4.74 Å². The Kier molecular flexibility index (Phi) is 7.00. The zero-order valence-electron chi connectivity index (χ0n) is 16.3. The smallest absolute Gasteiger partial charge is 0.328 e. The minimum atomic E-state index is -3.65. The van der Waals surface area contributed by atoms with Gasteiger partial charge >= 0.3 is 5.97 Å². The number of methoxy groups -OCH3 is 1. The van der Waals surface area contributed by atoms with Crippen LogP contribution in [0.2, 0.25) is 0 Å². The molecule has 0 radical (unpaired) electrons. The second-order valence-electron chi connectivity index (χ2n) is 7.16. The summed E-state index contributed by atoms with van der Waals surface area (Å²) in [6.45, 7) is 6.29. The van der Waals surface area contributed by atoms with Crippen LogP contribution in [0.15, 0.2) is 23.1 Å². The van der Waals surface area contributed by atoms with Gasteiger partial charge in [-0.2, -0.15) is 4.31 Å². The number of benzene rings is 1. The molecule has 27 heavy (non-hydrogen) atoms. The predicted molar refractivity (Wildman–Crippen MR) is 102 cm³/mol. The summed E-state index contributed by atoms with van der Waals surface area (Å²) in [4.78, 5) is 24.6. The first-order chi connectivity index (χ1) is 12.7. The molecule has 150 valence electrons. The lowest BCUT2D eigenvalue weighted by atomic mass is 10.0. The zero-order valence-corrected chi connectivity index (χ0v) is 17.1. The predicted octanol–water partition coefficient (Wildman–Crippen LogP) is 2.10. The lowest BCUT2D eigenvalue weighted by Gasteiger charge is -2.26. The Hall–Kier alpha value is -1.93. The molecule has 0 saturated carbocycles. The minimum absolute atomic E-state index is 0.135. The molecule has 0 bridgehead atoms. The van der Waals surface area contributed by atoms with E-state index in [9.17, 15) is 18.0 Å². The van der Waals surface area contributed by atoms with E-state index in [0.717, 1.165) is 19.3 Å². The zero-order chi connectivity index (χ0) is 20.2. The number of sulfonamides is 1. The molecule has 8 heteroatoms. The summed E-state index contributed by atoms with van der Waals surface area (Å²) < 4.78 is 32.2. The number of piperidine rings is 1. The Morgan fingerprint density at radius 3 is 2.33 bits per heavy atom. The molecule has 2 rings (SSSR count). The Labute approximate surface area is 161 Å². The molecule has 1 atom stereocenters. The fraction of sp³-hybridized carbons (Fsp3) is 0.579. The maximum absolute atomic E-state index is 13.0. The van der Waals surface area contributed by atoms with E-state index in [1.165, 1.54) is 17.5 Å². The maximum atomic E-state index is 13.0. The van der Waals surface area contributed by atoms with Crippen LogP contribution in [0.3, 0.4) is 0 Å². The molecule has 1 fully saturated rings. The number of carbonyl (C=O) groups is 2. The van der Waals surface area contributed by atoms with Crippen molar-refractivity contribution >= 4 is 21.9 Å². The van der Waals surface area contributed by atoms with Crippen molar-refractivity contribution in [1.29, 1.82) is 0 Å². The maximum Gasteiger partial charge on any atom is 0.328 e. The summed E-state index contributed by atoms with van der Waals surface area (Å²) in [6, 6.07) is 3.78. The first-order valence-electron chi connectivity index (χ1n) is 9.18. The highest BCUT2D eigenvalue weighted by Gasteiger charge is 2.29. The van der Waals surface area contributed by atoms with E-state index in [-0.39, 0.29) is 16.4 Å². The number of nitrogens with zero attached hydrogens (tertiary/aromatic N) is 1. The van der Waals surface area contributed by atoms with Crippen molar-refractivity contribution in [3.8, 4) is 0 Å². The van der Waals surface area contributed by atoms with E-state index in [0.29, 0.717) is 18.7 Å². The Morgan fingerprint density at radius 1 is 1.15 bits per heavy atom. The van der Waals surface area contributed by atoms with Gasteiger partial charge in [-0.25, -0.2) is 13.2 Å². The van der Waals surface area contributed by atoms with Crippen LogP contribution in [0.5, 0.6) is 0 Å². The monoisotopic (exact) mass is 396 g/mol. The molecule has 1 aliphatic heterocycles. The van der Waals surface area contributed by atoms with E-state index in [2.05, 4.69) is 5.32 Å². The molecule has 1 amide bonds. The van der Waals surface area contributed by atoms with Crippen molar-refractivity contribution in [3.05, 3.63) is 29.3 Å². The molecule has 0 aliphatic carbocycles. The van der Waals surface area contributed by atoms with Crippen molar-refractivity contribution in [2.24, 2.45) is 5.92 Å². The molecule has 1 aromatic rings. The van der Waals surface area contributed by atoms with Crippen molar-refractivity contribution < 1.29 is 22.7 Å². The fourth-order valence-corrected chi connectivity index (χ4v) is 4.88. The topological polar surface area (TPSA) is 92.8 Å². The number of carbonyl (C=O) groups excluding carboxylic acids is 2. The summed E-state index contributed by atoms with van der Waals surface area (Å²) in [7, 11) is -2.39. The summed E-state index contributed by atoms with van der Waals surface area (Å²) in [5.74, 6) is -1.20. The van der Waals surface area contributed by atoms with Crippen LogP contribution in [0, 0.1) is 12.8 Å². The van der Waals surface area contributed by atoms with Crippen LogP contribution in [0.25, 0.3) is 0 Å². The molecule has 0 unspecified atom stereocenters. The van der Waals surface area contributed by atoms with E-state index >= 15 is 0 Å². The third kappa shape index (κ3) is 4.87. The van der Waals surface area contributed by atoms with Crippen LogP contribution in [0.4, 0.5) is 0 Å². The molecule has 1 heterocycles. The number of amides is 1. The lowest BCUT2D eigenvalue weighted by molar-refractivity contribution is -0.144. The average Bonchev–Trinajstić information content (AvgIpc) is 2.65. The van der Waals surface area contributed by atoms with Gasteiger partial charge in [-0.15, -0.1) is 0 Å². The Bertz CT molecular complexity index is 798. The van der Waals surface area contributed by atoms with Gasteiger partial charge in [0.05, 0.1) is 12.0 Å². The van der Waals surface area contributed by atoms with E-state index < -0.39 is 27.9 Å². The third-order valence-electron chi connectivity index (χ3n) is 4.79. The van der Waals surface area contributed by atoms with Gasteiger partial charge in [0, 0.05) is 18.7 Å². The molecule has 7 nitrogen and oxygen atoms in total. The molecule has 1 aliphatic rings. The highest BCUT2D eigenvalue weighted by molar-refractivity contribution is 7.89. The van der Waals surface area contributed by atoms with E-state index in [1.807, 2.05) is 0 Å². The van der Waals surface area contributed by atoms with Gasteiger partial charge in [0.25, 0.3) is 5.91 Å². The van der Waals surface area contributed by atoms with Gasteiger partial charge in [0.15, 0.2) is 0 Å². The van der Waals surface area contributed by atoms with Crippen LogP contribution < -0.4 is 5.32 Å². The van der Waals surface area contributed by atoms with Crippen LogP contribution in [0.1, 0.15) is 49.0 Å². The third-order valence-corrected chi connectivity index (χ3v) is 6.83. The summed E-state index contributed by atoms with van der Waals surface area (Å²) in [5, 5.41) is 2.64. The standard InChI is InChI=1S/C19H28N2O5S/c1-13(2)17(19(23)26-4)20-18(22)15-9-8-14(3)16(12-15)27(24,25)21-10-6-5-7-11-21/h8-9,12-13,17H,5-7,10-11H2,1-4H3,(H,20,22)/t17-/m0/s1. The van der Waals surface area contributed by atoms with Crippen molar-refractivity contribution in [1.82, 2.24) is 9.62 Å². The number of rotatable bonds is 6. The fourth-order valence-electron chi connectivity index (χ4n) is 3.11. The summed E-state index contributed by atoms with van der Waals surface area (Å²) in [6.07, 6.45) is 2.71. The van der Waals surface area contributed by atoms with Gasteiger partial charge in [-0.05, 0) is 43.4 Å². The van der Waals surface area contributed by atoms with Gasteiger partial charge in [0.2, 0.25) is 10.0 Å². The molecule has 1 N–H and O–H groups in total. The first kappa shape index (κ1) is 21.4. The first-order valence-corrected chi connectivity index (χ1v) is 10.6. The van der Waals surface area contributed by atoms with Crippen molar-refractivity contribution in [2.75, 3.05) is 20.2 Å². The normalized spacial score (nSPS) is 16.8. The van der Waals surface area contributed by atoms with Gasteiger partial charge in [0.1, 0.15) is 6.04 Å². The summed E-state index contributed by atoms with van der Waals surface area (Å²) >= 11 is 0. The highest BCUT2D eigenvalue weighted by atomic mass is 32.2. The number of ether oxygens (including phenoxy) is 1. The van der Waals surface area contributed by atoms with Crippen molar-refractivity contribution in [2.45, 2.75) is 51.0 Å². The number of esters is 1. The molecular weight excluding hydrogens is 368 g/mol. The molecule has 0 aromatic heterocycles. The second-order valence-corrected chi connectivity index (χ2v) is 9.07. The van der Waals surface area contributed by atoms with Gasteiger partial charge in [-0.3, -0.25) is 4.79 Å². The van der Waals surface area contributed by atoms with Crippen LogP contribution in [-0.4, -0.2) is 50.8 Å². The molecule has 0 spiro atoms. The average molecular weight is 397 g/mol. The molecular formula is C19H28N2O5S. The number of hydrogen-bond donors (Lipinski definition) is 1.